The first-order chi connectivity index (χ1) is 10.3. The molecule has 0 aliphatic rings. The summed E-state index contributed by atoms with van der Waals surface area (Å²) in [7, 11) is 0. The SMILES string of the molecule is CCNC(=NCCCOCC)NCCc1ccccc1F. The summed E-state index contributed by atoms with van der Waals surface area (Å²) in [5.41, 5.74) is 0.720. The highest BCUT2D eigenvalue weighted by molar-refractivity contribution is 5.79. The number of benzene rings is 1. The van der Waals surface area contributed by atoms with Crippen LogP contribution in [-0.2, 0) is 11.2 Å². The average Bonchev–Trinajstić information content (AvgIpc) is 2.49. The van der Waals surface area contributed by atoms with E-state index >= 15 is 0 Å². The molecule has 0 aliphatic heterocycles. The van der Waals surface area contributed by atoms with E-state index in [0.717, 1.165) is 44.2 Å². The van der Waals surface area contributed by atoms with Gasteiger partial charge in [0.25, 0.3) is 0 Å². The molecule has 0 aromatic heterocycles. The van der Waals surface area contributed by atoms with Crippen molar-refractivity contribution < 1.29 is 9.13 Å². The molecule has 0 aliphatic carbocycles. The van der Waals surface area contributed by atoms with Gasteiger partial charge in [-0.3, -0.25) is 4.99 Å². The van der Waals surface area contributed by atoms with Gasteiger partial charge in [-0.2, -0.15) is 0 Å². The third-order valence-electron chi connectivity index (χ3n) is 2.91. The maximum absolute atomic E-state index is 13.5. The van der Waals surface area contributed by atoms with Crippen molar-refractivity contribution in [1.29, 1.82) is 0 Å². The van der Waals surface area contributed by atoms with E-state index in [0.29, 0.717) is 13.0 Å². The van der Waals surface area contributed by atoms with Crippen molar-refractivity contribution >= 4 is 5.96 Å². The fourth-order valence-electron chi connectivity index (χ4n) is 1.86. The molecular weight excluding hydrogens is 269 g/mol. The summed E-state index contributed by atoms with van der Waals surface area (Å²) >= 11 is 0. The van der Waals surface area contributed by atoms with E-state index in [9.17, 15) is 4.39 Å². The standard InChI is InChI=1S/C16H26FN3O/c1-3-18-16(19-11-7-13-21-4-2)20-12-10-14-8-5-6-9-15(14)17/h5-6,8-9H,3-4,7,10-13H2,1-2H3,(H2,18,19,20). The number of aliphatic imine (C=N–C) groups is 1. The van der Waals surface area contributed by atoms with Gasteiger partial charge in [0.2, 0.25) is 0 Å². The number of nitrogens with one attached hydrogen (secondary N) is 2. The Morgan fingerprint density at radius 3 is 2.76 bits per heavy atom. The highest BCUT2D eigenvalue weighted by Gasteiger charge is 2.01. The molecule has 4 nitrogen and oxygen atoms in total. The topological polar surface area (TPSA) is 45.7 Å². The van der Waals surface area contributed by atoms with Crippen LogP contribution in [0, 0.1) is 5.82 Å². The third-order valence-corrected chi connectivity index (χ3v) is 2.91. The zero-order valence-electron chi connectivity index (χ0n) is 13.0. The van der Waals surface area contributed by atoms with Crippen LogP contribution in [0.5, 0.6) is 0 Å². The van der Waals surface area contributed by atoms with E-state index in [1.54, 1.807) is 6.07 Å². The smallest absolute Gasteiger partial charge is 0.191 e. The molecule has 2 N–H and O–H groups in total. The second kappa shape index (κ2) is 11.1. The molecule has 1 aromatic rings. The van der Waals surface area contributed by atoms with Crippen LogP contribution in [0.2, 0.25) is 0 Å². The van der Waals surface area contributed by atoms with Gasteiger partial charge in [-0.25, -0.2) is 4.39 Å². The molecule has 0 unspecified atom stereocenters. The maximum atomic E-state index is 13.5. The van der Waals surface area contributed by atoms with E-state index in [1.807, 2.05) is 26.0 Å². The highest BCUT2D eigenvalue weighted by atomic mass is 19.1. The van der Waals surface area contributed by atoms with Crippen LogP contribution < -0.4 is 10.6 Å². The van der Waals surface area contributed by atoms with Crippen molar-refractivity contribution in [3.63, 3.8) is 0 Å². The Labute approximate surface area is 126 Å². The van der Waals surface area contributed by atoms with E-state index in [2.05, 4.69) is 15.6 Å². The lowest BCUT2D eigenvalue weighted by Gasteiger charge is -2.11. The van der Waals surface area contributed by atoms with Gasteiger partial charge >= 0.3 is 0 Å². The van der Waals surface area contributed by atoms with Crippen LogP contribution in [0.15, 0.2) is 29.3 Å². The monoisotopic (exact) mass is 295 g/mol. The van der Waals surface area contributed by atoms with Crippen molar-refractivity contribution in [1.82, 2.24) is 10.6 Å². The second-order valence-electron chi connectivity index (χ2n) is 4.58. The molecule has 1 aromatic carbocycles. The molecular formula is C16H26FN3O. The van der Waals surface area contributed by atoms with Gasteiger partial charge in [0.1, 0.15) is 5.82 Å². The minimum Gasteiger partial charge on any atom is -0.382 e. The lowest BCUT2D eigenvalue weighted by Crippen LogP contribution is -2.38. The zero-order valence-corrected chi connectivity index (χ0v) is 13.0. The average molecular weight is 295 g/mol. The second-order valence-corrected chi connectivity index (χ2v) is 4.58. The Bertz CT molecular complexity index is 424. The summed E-state index contributed by atoms with van der Waals surface area (Å²) in [6.45, 7) is 7.65. The van der Waals surface area contributed by atoms with Crippen LogP contribution >= 0.6 is 0 Å². The Kier molecular flexibility index (Phi) is 9.20. The van der Waals surface area contributed by atoms with Crippen LogP contribution in [0.3, 0.4) is 0 Å². The Morgan fingerprint density at radius 2 is 2.05 bits per heavy atom. The van der Waals surface area contributed by atoms with Gasteiger partial charge < -0.3 is 15.4 Å². The number of nitrogens with zero attached hydrogens (tertiary/aromatic N) is 1. The van der Waals surface area contributed by atoms with Gasteiger partial charge in [-0.05, 0) is 38.3 Å². The Hall–Kier alpha value is -1.62. The fourth-order valence-corrected chi connectivity index (χ4v) is 1.86. The number of guanidine groups is 1. The quantitative estimate of drug-likeness (QED) is 0.417. The summed E-state index contributed by atoms with van der Waals surface area (Å²) in [5.74, 6) is 0.614. The van der Waals surface area contributed by atoms with E-state index in [4.69, 9.17) is 4.74 Å². The fraction of sp³-hybridized carbons (Fsp3) is 0.562. The van der Waals surface area contributed by atoms with Crippen molar-refractivity contribution in [3.05, 3.63) is 35.6 Å². The third kappa shape index (κ3) is 7.66. The number of hydrogen-bond donors (Lipinski definition) is 2. The first-order valence-electron chi connectivity index (χ1n) is 7.61. The van der Waals surface area contributed by atoms with Crippen LogP contribution in [0.4, 0.5) is 4.39 Å². The van der Waals surface area contributed by atoms with Crippen molar-refractivity contribution in [3.8, 4) is 0 Å². The molecule has 0 heterocycles. The molecule has 0 saturated heterocycles. The number of ether oxygens (including phenoxy) is 1. The Balaban J connectivity index is 2.33. The van der Waals surface area contributed by atoms with Gasteiger partial charge in [0.05, 0.1) is 0 Å². The molecule has 1 rings (SSSR count). The summed E-state index contributed by atoms with van der Waals surface area (Å²) in [4.78, 5) is 4.46. The molecule has 0 spiro atoms. The van der Waals surface area contributed by atoms with Crippen molar-refractivity contribution in [2.45, 2.75) is 26.7 Å². The van der Waals surface area contributed by atoms with Gasteiger partial charge in [0.15, 0.2) is 5.96 Å². The summed E-state index contributed by atoms with van der Waals surface area (Å²) in [6.07, 6.45) is 1.54. The van der Waals surface area contributed by atoms with Crippen LogP contribution in [0.1, 0.15) is 25.8 Å². The summed E-state index contributed by atoms with van der Waals surface area (Å²) < 4.78 is 18.8. The number of halogens is 1. The van der Waals surface area contributed by atoms with E-state index < -0.39 is 0 Å². The molecule has 0 bridgehead atoms. The first-order valence-corrected chi connectivity index (χ1v) is 7.61. The number of hydrogen-bond acceptors (Lipinski definition) is 2. The van der Waals surface area contributed by atoms with E-state index in [1.165, 1.54) is 6.07 Å². The predicted molar refractivity (Wildman–Crippen MR) is 85.2 cm³/mol. The van der Waals surface area contributed by atoms with Crippen LogP contribution in [-0.4, -0.2) is 38.8 Å². The van der Waals surface area contributed by atoms with Gasteiger partial charge in [0, 0.05) is 32.8 Å². The molecule has 5 heteroatoms. The Morgan fingerprint density at radius 1 is 1.24 bits per heavy atom. The first kappa shape index (κ1) is 17.4. The van der Waals surface area contributed by atoms with E-state index in [-0.39, 0.29) is 5.82 Å². The largest absolute Gasteiger partial charge is 0.382 e. The molecule has 0 saturated carbocycles. The molecule has 0 radical (unpaired) electrons. The lowest BCUT2D eigenvalue weighted by molar-refractivity contribution is 0.146. The van der Waals surface area contributed by atoms with Crippen molar-refractivity contribution in [2.24, 2.45) is 4.99 Å². The lowest BCUT2D eigenvalue weighted by atomic mass is 10.1. The minimum absolute atomic E-state index is 0.155. The predicted octanol–water partition coefficient (Wildman–Crippen LogP) is 2.35. The highest BCUT2D eigenvalue weighted by Crippen LogP contribution is 2.05. The molecule has 0 atom stereocenters. The molecule has 118 valence electrons. The normalized spacial score (nSPS) is 11.5. The van der Waals surface area contributed by atoms with Gasteiger partial charge in [-0.15, -0.1) is 0 Å². The maximum Gasteiger partial charge on any atom is 0.191 e. The summed E-state index contributed by atoms with van der Waals surface area (Å²) in [5, 5.41) is 6.40. The van der Waals surface area contributed by atoms with Crippen molar-refractivity contribution in [2.75, 3.05) is 32.8 Å². The van der Waals surface area contributed by atoms with Gasteiger partial charge in [-0.1, -0.05) is 18.2 Å². The molecule has 21 heavy (non-hydrogen) atoms. The minimum atomic E-state index is -0.155. The number of rotatable bonds is 9. The molecule has 0 fully saturated rings. The zero-order chi connectivity index (χ0) is 15.3. The molecule has 0 amide bonds. The van der Waals surface area contributed by atoms with Crippen LogP contribution in [0.25, 0.3) is 0 Å². The summed E-state index contributed by atoms with van der Waals surface area (Å²) in [6, 6.07) is 6.85.